The second-order valence-corrected chi connectivity index (χ2v) is 5.83. The van der Waals surface area contributed by atoms with E-state index in [2.05, 4.69) is 10.3 Å². The van der Waals surface area contributed by atoms with Gasteiger partial charge in [-0.1, -0.05) is 0 Å². The molecule has 0 atom stereocenters. The van der Waals surface area contributed by atoms with Gasteiger partial charge in [-0.2, -0.15) is 0 Å². The van der Waals surface area contributed by atoms with Crippen LogP contribution >= 0.6 is 0 Å². The Morgan fingerprint density at radius 1 is 1.25 bits per heavy atom. The number of aromatic nitrogens is 1. The lowest BCUT2D eigenvalue weighted by molar-refractivity contribution is 0.00578. The molecule has 1 aromatic heterocycles. The van der Waals surface area contributed by atoms with Crippen molar-refractivity contribution in [2.45, 2.75) is 38.9 Å². The van der Waals surface area contributed by atoms with Crippen molar-refractivity contribution in [3.8, 4) is 0 Å². The van der Waals surface area contributed by atoms with Crippen LogP contribution in [0.3, 0.4) is 0 Å². The molecule has 0 saturated carbocycles. The smallest absolute Gasteiger partial charge is 0.399 e. The van der Waals surface area contributed by atoms with Crippen LogP contribution in [0.15, 0.2) is 17.1 Å². The van der Waals surface area contributed by atoms with Gasteiger partial charge in [0.25, 0.3) is 5.91 Å². The molecule has 0 radical (unpaired) electrons. The van der Waals surface area contributed by atoms with Gasteiger partial charge in [0.2, 0.25) is 5.56 Å². The molecule has 0 unspecified atom stereocenters. The summed E-state index contributed by atoms with van der Waals surface area (Å²) in [5, 5.41) is 2.51. The average Bonchev–Trinajstić information content (AvgIpc) is 2.57. The topological polar surface area (TPSA) is 80.4 Å². The highest BCUT2D eigenvalue weighted by Crippen LogP contribution is 2.36. The summed E-state index contributed by atoms with van der Waals surface area (Å²) in [6.45, 7) is 7.72. The van der Waals surface area contributed by atoms with Crippen LogP contribution in [0.4, 0.5) is 0 Å². The Morgan fingerprint density at radius 2 is 1.80 bits per heavy atom. The number of carbonyl (C=O) groups is 1. The number of aromatic amines is 1. The second-order valence-electron chi connectivity index (χ2n) is 5.83. The van der Waals surface area contributed by atoms with Crippen molar-refractivity contribution in [2.24, 2.45) is 0 Å². The minimum atomic E-state index is -0.691. The Balaban J connectivity index is 2.45. The molecule has 0 spiro atoms. The highest BCUT2D eigenvalue weighted by molar-refractivity contribution is 6.63. The lowest BCUT2D eigenvalue weighted by atomic mass is 9.77. The number of amides is 1. The van der Waals surface area contributed by atoms with Crippen molar-refractivity contribution in [1.29, 1.82) is 0 Å². The van der Waals surface area contributed by atoms with E-state index in [1.807, 2.05) is 27.7 Å². The second kappa shape index (κ2) is 4.75. The normalized spacial score (nSPS) is 19.9. The molecule has 7 heteroatoms. The van der Waals surface area contributed by atoms with E-state index in [1.165, 1.54) is 19.3 Å². The van der Waals surface area contributed by atoms with Crippen LogP contribution in [0, 0.1) is 0 Å². The first-order chi connectivity index (χ1) is 9.18. The number of hydrogen-bond acceptors (Lipinski definition) is 4. The standard InChI is InChI=1S/C13H19BN2O4/c1-12(2)13(3,4)20-14(19-12)9-7-16-10(17)6-8(9)11(18)15-5/h6-7H,1-5H3,(H,15,18)(H,16,17). The van der Waals surface area contributed by atoms with Gasteiger partial charge >= 0.3 is 7.12 Å². The number of nitrogens with one attached hydrogen (secondary N) is 2. The van der Waals surface area contributed by atoms with Gasteiger partial charge < -0.3 is 19.6 Å². The van der Waals surface area contributed by atoms with Crippen molar-refractivity contribution in [1.82, 2.24) is 10.3 Å². The molecule has 1 saturated heterocycles. The van der Waals surface area contributed by atoms with E-state index in [4.69, 9.17) is 9.31 Å². The van der Waals surface area contributed by atoms with Crippen LogP contribution in [-0.2, 0) is 9.31 Å². The van der Waals surface area contributed by atoms with Gasteiger partial charge in [0.15, 0.2) is 0 Å². The molecule has 1 fully saturated rings. The molecular formula is C13H19BN2O4. The fourth-order valence-corrected chi connectivity index (χ4v) is 1.98. The number of rotatable bonds is 2. The fourth-order valence-electron chi connectivity index (χ4n) is 1.98. The Morgan fingerprint density at radius 3 is 2.30 bits per heavy atom. The molecular weight excluding hydrogens is 259 g/mol. The van der Waals surface area contributed by atoms with Gasteiger partial charge in [-0.15, -0.1) is 0 Å². The quantitative estimate of drug-likeness (QED) is 0.748. The van der Waals surface area contributed by atoms with Gasteiger partial charge in [-0.3, -0.25) is 9.59 Å². The molecule has 2 rings (SSSR count). The highest BCUT2D eigenvalue weighted by atomic mass is 16.7. The molecule has 0 aliphatic carbocycles. The summed E-state index contributed by atoms with van der Waals surface area (Å²) in [6, 6.07) is 1.25. The minimum absolute atomic E-state index is 0.259. The van der Waals surface area contributed by atoms with E-state index in [9.17, 15) is 9.59 Å². The summed E-state index contributed by atoms with van der Waals surface area (Å²) in [6.07, 6.45) is 1.47. The van der Waals surface area contributed by atoms with E-state index < -0.39 is 18.3 Å². The lowest BCUT2D eigenvalue weighted by Crippen LogP contribution is -2.41. The molecule has 6 nitrogen and oxygen atoms in total. The Labute approximate surface area is 118 Å². The third-order valence-electron chi connectivity index (χ3n) is 3.94. The number of H-pyrrole nitrogens is 1. The molecule has 2 heterocycles. The lowest BCUT2D eigenvalue weighted by Gasteiger charge is -2.32. The zero-order chi connectivity index (χ0) is 15.1. The Bertz CT molecular complexity index is 578. The first-order valence-electron chi connectivity index (χ1n) is 6.48. The zero-order valence-electron chi connectivity index (χ0n) is 12.4. The number of pyridine rings is 1. The molecule has 0 bridgehead atoms. The fraction of sp³-hybridized carbons (Fsp3) is 0.538. The van der Waals surface area contributed by atoms with Crippen LogP contribution < -0.4 is 16.3 Å². The summed E-state index contributed by atoms with van der Waals surface area (Å²) in [7, 11) is 0.821. The molecule has 0 aromatic carbocycles. The third-order valence-corrected chi connectivity index (χ3v) is 3.94. The number of carbonyl (C=O) groups excluding carboxylic acids is 1. The van der Waals surface area contributed by atoms with Crippen LogP contribution in [0.2, 0.25) is 0 Å². The van der Waals surface area contributed by atoms with E-state index in [0.29, 0.717) is 5.46 Å². The predicted molar refractivity (Wildman–Crippen MR) is 76.2 cm³/mol. The summed E-state index contributed by atoms with van der Waals surface area (Å²) < 4.78 is 11.8. The molecule has 1 aromatic rings. The Kier molecular flexibility index (Phi) is 3.52. The van der Waals surface area contributed by atoms with E-state index in [1.54, 1.807) is 0 Å². The van der Waals surface area contributed by atoms with Crippen LogP contribution in [0.1, 0.15) is 38.1 Å². The van der Waals surface area contributed by atoms with Crippen molar-refractivity contribution < 1.29 is 14.1 Å². The molecule has 1 aliphatic rings. The zero-order valence-corrected chi connectivity index (χ0v) is 12.4. The SMILES string of the molecule is CNC(=O)c1cc(=O)[nH]cc1B1OC(C)(C)C(C)(C)O1. The summed E-state index contributed by atoms with van der Waals surface area (Å²) >= 11 is 0. The monoisotopic (exact) mass is 278 g/mol. The van der Waals surface area contributed by atoms with Gasteiger partial charge in [0.1, 0.15) is 0 Å². The molecule has 1 amide bonds. The maximum Gasteiger partial charge on any atom is 0.497 e. The first kappa shape index (κ1) is 14.8. The summed E-state index contributed by atoms with van der Waals surface area (Å²) in [5.41, 5.74) is -0.581. The molecule has 108 valence electrons. The van der Waals surface area contributed by atoms with Gasteiger partial charge in [0.05, 0.1) is 11.2 Å². The van der Waals surface area contributed by atoms with Crippen LogP contribution in [0.25, 0.3) is 0 Å². The third kappa shape index (κ3) is 2.38. The van der Waals surface area contributed by atoms with Crippen molar-refractivity contribution in [2.75, 3.05) is 7.05 Å². The number of hydrogen-bond donors (Lipinski definition) is 2. The van der Waals surface area contributed by atoms with Crippen molar-refractivity contribution >= 4 is 18.5 Å². The van der Waals surface area contributed by atoms with E-state index >= 15 is 0 Å². The summed E-state index contributed by atoms with van der Waals surface area (Å²) in [5.74, 6) is -0.346. The largest absolute Gasteiger partial charge is 0.497 e. The molecule has 2 N–H and O–H groups in total. The summed E-state index contributed by atoms with van der Waals surface area (Å²) in [4.78, 5) is 25.9. The van der Waals surface area contributed by atoms with Crippen molar-refractivity contribution in [3.63, 3.8) is 0 Å². The molecule has 20 heavy (non-hydrogen) atoms. The van der Waals surface area contributed by atoms with Gasteiger partial charge in [-0.05, 0) is 27.7 Å². The van der Waals surface area contributed by atoms with Gasteiger partial charge in [0, 0.05) is 30.3 Å². The highest BCUT2D eigenvalue weighted by Gasteiger charge is 2.52. The minimum Gasteiger partial charge on any atom is -0.399 e. The first-order valence-corrected chi connectivity index (χ1v) is 6.48. The maximum atomic E-state index is 11.9. The average molecular weight is 278 g/mol. The van der Waals surface area contributed by atoms with Crippen molar-refractivity contribution in [3.05, 3.63) is 28.2 Å². The van der Waals surface area contributed by atoms with Crippen LogP contribution in [-0.4, -0.2) is 36.3 Å². The van der Waals surface area contributed by atoms with Gasteiger partial charge in [-0.25, -0.2) is 0 Å². The Hall–Kier alpha value is -1.60. The maximum absolute atomic E-state index is 11.9. The molecule has 1 aliphatic heterocycles. The predicted octanol–water partition coefficient (Wildman–Crippen LogP) is 0.0337. The van der Waals surface area contributed by atoms with Crippen LogP contribution in [0.5, 0.6) is 0 Å². The van der Waals surface area contributed by atoms with E-state index in [-0.39, 0.29) is 17.0 Å². The van der Waals surface area contributed by atoms with E-state index in [0.717, 1.165) is 0 Å².